The SMILES string of the molecule is Cc1cc(Oc2cccc(F)c2)n2ncnc2n1. The Kier molecular flexibility index (Phi) is 2.40. The van der Waals surface area contributed by atoms with Gasteiger partial charge in [-0.25, -0.2) is 9.37 Å². The summed E-state index contributed by atoms with van der Waals surface area (Å²) in [6.07, 6.45) is 1.39. The second-order valence-electron chi connectivity index (χ2n) is 3.77. The van der Waals surface area contributed by atoms with Crippen molar-refractivity contribution in [2.75, 3.05) is 0 Å². The van der Waals surface area contributed by atoms with Crippen LogP contribution in [0.1, 0.15) is 5.69 Å². The monoisotopic (exact) mass is 244 g/mol. The number of nitrogens with zero attached hydrogens (tertiary/aromatic N) is 4. The Morgan fingerprint density at radius 2 is 2.17 bits per heavy atom. The van der Waals surface area contributed by atoms with Crippen molar-refractivity contribution in [2.24, 2.45) is 0 Å². The van der Waals surface area contributed by atoms with Crippen LogP contribution in [0.4, 0.5) is 4.39 Å². The van der Waals surface area contributed by atoms with Gasteiger partial charge in [-0.05, 0) is 19.1 Å². The fourth-order valence-electron chi connectivity index (χ4n) is 1.62. The van der Waals surface area contributed by atoms with Crippen molar-refractivity contribution in [3.8, 4) is 11.6 Å². The number of rotatable bonds is 2. The summed E-state index contributed by atoms with van der Waals surface area (Å²) in [6.45, 7) is 1.83. The van der Waals surface area contributed by atoms with Crippen molar-refractivity contribution < 1.29 is 9.13 Å². The summed E-state index contributed by atoms with van der Waals surface area (Å²) in [4.78, 5) is 8.18. The van der Waals surface area contributed by atoms with Gasteiger partial charge in [0.15, 0.2) is 0 Å². The molecule has 5 nitrogen and oxygen atoms in total. The molecule has 2 aromatic heterocycles. The summed E-state index contributed by atoms with van der Waals surface area (Å²) in [5.41, 5.74) is 0.752. The van der Waals surface area contributed by atoms with Gasteiger partial charge in [0, 0.05) is 17.8 Å². The standard InChI is InChI=1S/C12H9FN4O/c1-8-5-11(17-12(16-8)14-7-15-17)18-10-4-2-3-9(13)6-10/h2-7H,1H3. The van der Waals surface area contributed by atoms with E-state index in [0.717, 1.165) is 5.69 Å². The van der Waals surface area contributed by atoms with Crippen LogP contribution in [0.15, 0.2) is 36.7 Å². The minimum absolute atomic E-state index is 0.354. The van der Waals surface area contributed by atoms with Crippen LogP contribution < -0.4 is 4.74 Å². The van der Waals surface area contributed by atoms with Crippen LogP contribution in [0.25, 0.3) is 5.78 Å². The molecule has 6 heteroatoms. The van der Waals surface area contributed by atoms with Gasteiger partial charge in [-0.3, -0.25) is 0 Å². The first kappa shape index (κ1) is 10.6. The average Bonchev–Trinajstić information content (AvgIpc) is 2.77. The second kappa shape index (κ2) is 4.06. The third-order valence-corrected chi connectivity index (χ3v) is 2.37. The van der Waals surface area contributed by atoms with E-state index in [1.54, 1.807) is 18.2 Å². The fraction of sp³-hybridized carbons (Fsp3) is 0.0833. The lowest BCUT2D eigenvalue weighted by molar-refractivity contribution is 0.441. The molecule has 0 aliphatic heterocycles. The Morgan fingerprint density at radius 1 is 1.28 bits per heavy atom. The van der Waals surface area contributed by atoms with Gasteiger partial charge in [0.1, 0.15) is 17.9 Å². The van der Waals surface area contributed by atoms with Crippen molar-refractivity contribution in [1.82, 2.24) is 19.6 Å². The molecule has 3 rings (SSSR count). The highest BCUT2D eigenvalue weighted by Crippen LogP contribution is 2.22. The molecule has 0 spiro atoms. The number of fused-ring (bicyclic) bond motifs is 1. The largest absolute Gasteiger partial charge is 0.439 e. The molecule has 0 fully saturated rings. The molecule has 0 unspecified atom stereocenters. The molecule has 0 radical (unpaired) electrons. The maximum Gasteiger partial charge on any atom is 0.255 e. The zero-order valence-electron chi connectivity index (χ0n) is 9.54. The Bertz CT molecular complexity index is 710. The topological polar surface area (TPSA) is 52.3 Å². The number of aryl methyl sites for hydroxylation is 1. The number of hydrogen-bond donors (Lipinski definition) is 0. The summed E-state index contributed by atoms with van der Waals surface area (Å²) in [5, 5.41) is 4.00. The van der Waals surface area contributed by atoms with Gasteiger partial charge < -0.3 is 4.74 Å². The Balaban J connectivity index is 2.06. The molecule has 0 saturated carbocycles. The van der Waals surface area contributed by atoms with Gasteiger partial charge in [-0.1, -0.05) is 6.07 Å². The Hall–Kier alpha value is -2.50. The van der Waals surface area contributed by atoms with Gasteiger partial charge >= 0.3 is 0 Å². The Morgan fingerprint density at radius 3 is 3.00 bits per heavy atom. The predicted octanol–water partition coefficient (Wildman–Crippen LogP) is 2.36. The minimum Gasteiger partial charge on any atom is -0.439 e. The van der Waals surface area contributed by atoms with E-state index >= 15 is 0 Å². The van der Waals surface area contributed by atoms with Gasteiger partial charge in [0.2, 0.25) is 5.88 Å². The number of aromatic nitrogens is 4. The molecule has 0 N–H and O–H groups in total. The molecule has 90 valence electrons. The van der Waals surface area contributed by atoms with E-state index in [0.29, 0.717) is 17.4 Å². The van der Waals surface area contributed by atoms with E-state index in [1.807, 2.05) is 6.92 Å². The molecule has 0 atom stereocenters. The first-order valence-corrected chi connectivity index (χ1v) is 5.33. The lowest BCUT2D eigenvalue weighted by Crippen LogP contribution is -1.99. The first-order valence-electron chi connectivity index (χ1n) is 5.33. The van der Waals surface area contributed by atoms with Crippen LogP contribution in [-0.4, -0.2) is 19.6 Å². The molecular weight excluding hydrogens is 235 g/mol. The lowest BCUT2D eigenvalue weighted by atomic mass is 10.3. The summed E-state index contributed by atoms with van der Waals surface area (Å²) in [7, 11) is 0. The molecule has 1 aromatic carbocycles. The van der Waals surface area contributed by atoms with Gasteiger partial charge in [0.25, 0.3) is 5.78 Å². The van der Waals surface area contributed by atoms with Crippen LogP contribution in [0.5, 0.6) is 11.6 Å². The van der Waals surface area contributed by atoms with E-state index in [4.69, 9.17) is 4.74 Å². The smallest absolute Gasteiger partial charge is 0.255 e. The number of ether oxygens (including phenoxy) is 1. The normalized spacial score (nSPS) is 10.8. The molecule has 2 heterocycles. The second-order valence-corrected chi connectivity index (χ2v) is 3.77. The van der Waals surface area contributed by atoms with Crippen molar-refractivity contribution >= 4 is 5.78 Å². The highest BCUT2D eigenvalue weighted by atomic mass is 19.1. The van der Waals surface area contributed by atoms with Crippen molar-refractivity contribution in [3.63, 3.8) is 0 Å². The van der Waals surface area contributed by atoms with Crippen LogP contribution in [-0.2, 0) is 0 Å². The van der Waals surface area contributed by atoms with E-state index < -0.39 is 0 Å². The predicted molar refractivity (Wildman–Crippen MR) is 62.0 cm³/mol. The van der Waals surface area contributed by atoms with E-state index in [1.165, 1.54) is 23.0 Å². The van der Waals surface area contributed by atoms with E-state index in [-0.39, 0.29) is 5.82 Å². The molecule has 18 heavy (non-hydrogen) atoms. The summed E-state index contributed by atoms with van der Waals surface area (Å²) < 4.78 is 20.1. The van der Waals surface area contributed by atoms with Crippen LogP contribution >= 0.6 is 0 Å². The van der Waals surface area contributed by atoms with Crippen molar-refractivity contribution in [3.05, 3.63) is 48.2 Å². The summed E-state index contributed by atoms with van der Waals surface area (Å²) >= 11 is 0. The molecular formula is C12H9FN4O. The van der Waals surface area contributed by atoms with Crippen molar-refractivity contribution in [1.29, 1.82) is 0 Å². The van der Waals surface area contributed by atoms with E-state index in [2.05, 4.69) is 15.1 Å². The molecule has 0 saturated heterocycles. The maximum atomic E-state index is 13.1. The molecule has 0 aliphatic carbocycles. The lowest BCUT2D eigenvalue weighted by Gasteiger charge is -2.07. The zero-order valence-corrected chi connectivity index (χ0v) is 9.54. The van der Waals surface area contributed by atoms with Gasteiger partial charge in [0.05, 0.1) is 0 Å². The van der Waals surface area contributed by atoms with Crippen LogP contribution in [0.2, 0.25) is 0 Å². The third kappa shape index (κ3) is 1.88. The van der Waals surface area contributed by atoms with E-state index in [9.17, 15) is 4.39 Å². The summed E-state index contributed by atoms with van der Waals surface area (Å²) in [6, 6.07) is 7.62. The van der Waals surface area contributed by atoms with Crippen LogP contribution in [0.3, 0.4) is 0 Å². The fourth-order valence-corrected chi connectivity index (χ4v) is 1.62. The van der Waals surface area contributed by atoms with Gasteiger partial charge in [-0.2, -0.15) is 14.6 Å². The highest BCUT2D eigenvalue weighted by Gasteiger charge is 2.07. The van der Waals surface area contributed by atoms with Crippen molar-refractivity contribution in [2.45, 2.75) is 6.92 Å². The highest BCUT2D eigenvalue weighted by molar-refractivity contribution is 5.35. The minimum atomic E-state index is -0.354. The quantitative estimate of drug-likeness (QED) is 0.694. The molecule has 0 bridgehead atoms. The number of benzene rings is 1. The number of halogens is 1. The van der Waals surface area contributed by atoms with Gasteiger partial charge in [-0.15, -0.1) is 0 Å². The zero-order chi connectivity index (χ0) is 12.5. The Labute approximate surface area is 102 Å². The molecule has 3 aromatic rings. The average molecular weight is 244 g/mol. The maximum absolute atomic E-state index is 13.1. The number of hydrogen-bond acceptors (Lipinski definition) is 4. The first-order chi connectivity index (χ1) is 8.72. The molecule has 0 amide bonds. The molecule has 0 aliphatic rings. The van der Waals surface area contributed by atoms with Crippen LogP contribution in [0, 0.1) is 12.7 Å². The summed E-state index contributed by atoms with van der Waals surface area (Å²) in [5.74, 6) is 0.938. The third-order valence-electron chi connectivity index (χ3n) is 2.37.